The van der Waals surface area contributed by atoms with Gasteiger partial charge in [-0.15, -0.1) is 0 Å². The summed E-state index contributed by atoms with van der Waals surface area (Å²) < 4.78 is 31.5. The lowest BCUT2D eigenvalue weighted by Crippen LogP contribution is -2.11. The van der Waals surface area contributed by atoms with Crippen LogP contribution < -0.4 is 4.74 Å². The zero-order chi connectivity index (χ0) is 12.7. The van der Waals surface area contributed by atoms with Crippen LogP contribution in [0.2, 0.25) is 0 Å². The SMILES string of the molecule is CCS(=O)(=O)SCOC(=O)Oc1ccccc1. The fourth-order valence-corrected chi connectivity index (χ4v) is 2.38. The number of carbonyl (C=O) groups is 1. The molecule has 0 aliphatic heterocycles. The van der Waals surface area contributed by atoms with Crippen LogP contribution in [0.4, 0.5) is 4.79 Å². The van der Waals surface area contributed by atoms with E-state index >= 15 is 0 Å². The van der Waals surface area contributed by atoms with Crippen LogP contribution in [0.25, 0.3) is 0 Å². The molecule has 0 unspecified atom stereocenters. The average Bonchev–Trinajstić information content (AvgIpc) is 2.30. The van der Waals surface area contributed by atoms with Crippen molar-refractivity contribution < 1.29 is 22.7 Å². The molecule has 0 aliphatic carbocycles. The van der Waals surface area contributed by atoms with E-state index in [1.807, 2.05) is 0 Å². The zero-order valence-corrected chi connectivity index (χ0v) is 10.8. The fourth-order valence-electron chi connectivity index (χ4n) is 0.843. The molecular weight excluding hydrogens is 264 g/mol. The molecule has 0 atom stereocenters. The van der Waals surface area contributed by atoms with Gasteiger partial charge in [0.2, 0.25) is 8.87 Å². The van der Waals surface area contributed by atoms with Gasteiger partial charge in [0.05, 0.1) is 5.75 Å². The van der Waals surface area contributed by atoms with Gasteiger partial charge in [-0.3, -0.25) is 0 Å². The minimum Gasteiger partial charge on any atom is -0.422 e. The van der Waals surface area contributed by atoms with Gasteiger partial charge in [-0.05, 0) is 12.1 Å². The summed E-state index contributed by atoms with van der Waals surface area (Å²) in [5.74, 6) is 0.0669. The maximum absolute atomic E-state index is 11.1. The monoisotopic (exact) mass is 276 g/mol. The minimum atomic E-state index is -3.20. The summed E-state index contributed by atoms with van der Waals surface area (Å²) in [5.41, 5.74) is 0. The summed E-state index contributed by atoms with van der Waals surface area (Å²) in [6.07, 6.45) is -0.921. The van der Waals surface area contributed by atoms with E-state index in [1.165, 1.54) is 6.92 Å². The summed E-state index contributed by atoms with van der Waals surface area (Å²) >= 11 is 0. The number of rotatable bonds is 5. The molecule has 0 bridgehead atoms. The highest BCUT2D eigenvalue weighted by Gasteiger charge is 2.11. The number of hydrogen-bond acceptors (Lipinski definition) is 6. The first-order chi connectivity index (χ1) is 8.03. The molecule has 0 radical (unpaired) electrons. The van der Waals surface area contributed by atoms with E-state index < -0.39 is 15.0 Å². The van der Waals surface area contributed by atoms with Crippen molar-refractivity contribution >= 4 is 25.8 Å². The Morgan fingerprint density at radius 1 is 1.29 bits per heavy atom. The maximum atomic E-state index is 11.1. The minimum absolute atomic E-state index is 0.00520. The Bertz CT molecular complexity index is 455. The molecule has 0 aromatic heterocycles. The quantitative estimate of drug-likeness (QED) is 0.355. The third kappa shape index (κ3) is 5.60. The lowest BCUT2D eigenvalue weighted by molar-refractivity contribution is 0.117. The number of hydrogen-bond donors (Lipinski definition) is 0. The Hall–Kier alpha value is -1.21. The molecule has 7 heteroatoms. The van der Waals surface area contributed by atoms with Crippen molar-refractivity contribution in [2.24, 2.45) is 0 Å². The van der Waals surface area contributed by atoms with Crippen LogP contribution in [-0.2, 0) is 13.6 Å². The predicted molar refractivity (Wildman–Crippen MR) is 65.5 cm³/mol. The normalized spacial score (nSPS) is 10.9. The van der Waals surface area contributed by atoms with E-state index in [0.717, 1.165) is 0 Å². The van der Waals surface area contributed by atoms with E-state index in [2.05, 4.69) is 4.74 Å². The number of carbonyl (C=O) groups excluding carboxylic acids is 1. The van der Waals surface area contributed by atoms with E-state index in [9.17, 15) is 13.2 Å². The third-order valence-electron chi connectivity index (χ3n) is 1.70. The van der Waals surface area contributed by atoms with E-state index in [-0.39, 0.29) is 11.7 Å². The van der Waals surface area contributed by atoms with Crippen molar-refractivity contribution in [2.45, 2.75) is 6.92 Å². The summed E-state index contributed by atoms with van der Waals surface area (Å²) in [7, 11) is -2.64. The smallest absolute Gasteiger partial charge is 0.422 e. The maximum Gasteiger partial charge on any atom is 0.514 e. The van der Waals surface area contributed by atoms with Gasteiger partial charge in [-0.25, -0.2) is 13.2 Å². The second-order valence-electron chi connectivity index (χ2n) is 2.89. The fraction of sp³-hybridized carbons (Fsp3) is 0.300. The van der Waals surface area contributed by atoms with Gasteiger partial charge in [0.1, 0.15) is 5.75 Å². The standard InChI is InChI=1S/C10H12O5S2/c1-2-17(12,13)16-8-14-10(11)15-9-6-4-3-5-7-9/h3-7H,2,8H2,1H3. The third-order valence-corrected chi connectivity index (χ3v) is 5.06. The molecule has 0 fully saturated rings. The van der Waals surface area contributed by atoms with Gasteiger partial charge < -0.3 is 9.47 Å². The molecule has 0 heterocycles. The first kappa shape index (κ1) is 13.9. The van der Waals surface area contributed by atoms with Crippen molar-refractivity contribution in [2.75, 3.05) is 11.7 Å². The lowest BCUT2D eigenvalue weighted by Gasteiger charge is -2.04. The van der Waals surface area contributed by atoms with Crippen molar-refractivity contribution in [3.05, 3.63) is 30.3 Å². The van der Waals surface area contributed by atoms with E-state index in [0.29, 0.717) is 16.5 Å². The highest BCUT2D eigenvalue weighted by Crippen LogP contribution is 2.14. The molecule has 0 amide bonds. The van der Waals surface area contributed by atoms with Crippen LogP contribution in [0.1, 0.15) is 6.92 Å². The molecule has 0 N–H and O–H groups in total. The molecule has 5 nitrogen and oxygen atoms in total. The molecular formula is C10H12O5S2. The molecule has 94 valence electrons. The van der Waals surface area contributed by atoms with Crippen molar-refractivity contribution in [1.29, 1.82) is 0 Å². The van der Waals surface area contributed by atoms with Crippen LogP contribution >= 0.6 is 10.8 Å². The summed E-state index contributed by atoms with van der Waals surface area (Å²) in [5, 5.41) is 0. The molecule has 0 spiro atoms. The van der Waals surface area contributed by atoms with Crippen molar-refractivity contribution in [3.63, 3.8) is 0 Å². The summed E-state index contributed by atoms with van der Waals surface area (Å²) in [6, 6.07) is 8.38. The Kier molecular flexibility index (Phi) is 5.30. The molecule has 0 saturated carbocycles. The van der Waals surface area contributed by atoms with Crippen LogP contribution in [0.5, 0.6) is 5.75 Å². The van der Waals surface area contributed by atoms with E-state index in [4.69, 9.17) is 4.74 Å². The van der Waals surface area contributed by atoms with Crippen molar-refractivity contribution in [3.8, 4) is 5.75 Å². The van der Waals surface area contributed by atoms with Gasteiger partial charge in [0, 0.05) is 10.8 Å². The average molecular weight is 276 g/mol. The topological polar surface area (TPSA) is 69.7 Å². The Morgan fingerprint density at radius 2 is 1.94 bits per heavy atom. The predicted octanol–water partition coefficient (Wildman–Crippen LogP) is 2.24. The number of ether oxygens (including phenoxy) is 2. The summed E-state index contributed by atoms with van der Waals surface area (Å²) in [4.78, 5) is 11.1. The molecule has 1 rings (SSSR count). The first-order valence-corrected chi connectivity index (χ1v) is 7.96. The van der Waals surface area contributed by atoms with Gasteiger partial charge in [0.15, 0.2) is 5.94 Å². The highest BCUT2D eigenvalue weighted by molar-refractivity contribution is 8.72. The summed E-state index contributed by atoms with van der Waals surface area (Å²) in [6.45, 7) is 1.52. The van der Waals surface area contributed by atoms with Gasteiger partial charge in [-0.2, -0.15) is 0 Å². The second-order valence-corrected chi connectivity index (χ2v) is 7.29. The molecule has 0 saturated heterocycles. The van der Waals surface area contributed by atoms with Crippen LogP contribution in [-0.4, -0.2) is 26.3 Å². The molecule has 17 heavy (non-hydrogen) atoms. The molecule has 0 aliphatic rings. The number of para-hydroxylation sites is 1. The Labute approximate surface area is 103 Å². The Morgan fingerprint density at radius 3 is 2.53 bits per heavy atom. The van der Waals surface area contributed by atoms with Crippen LogP contribution in [0.3, 0.4) is 0 Å². The largest absolute Gasteiger partial charge is 0.514 e. The Balaban J connectivity index is 2.32. The van der Waals surface area contributed by atoms with Gasteiger partial charge in [0.25, 0.3) is 0 Å². The number of benzene rings is 1. The van der Waals surface area contributed by atoms with Crippen LogP contribution in [0.15, 0.2) is 30.3 Å². The van der Waals surface area contributed by atoms with E-state index in [1.54, 1.807) is 30.3 Å². The van der Waals surface area contributed by atoms with Gasteiger partial charge >= 0.3 is 6.16 Å². The highest BCUT2D eigenvalue weighted by atomic mass is 33.1. The van der Waals surface area contributed by atoms with Crippen molar-refractivity contribution in [1.82, 2.24) is 0 Å². The van der Waals surface area contributed by atoms with Crippen LogP contribution in [0, 0.1) is 0 Å². The lowest BCUT2D eigenvalue weighted by atomic mass is 10.3. The van der Waals surface area contributed by atoms with Gasteiger partial charge in [-0.1, -0.05) is 25.1 Å². The zero-order valence-electron chi connectivity index (χ0n) is 9.16. The second kappa shape index (κ2) is 6.51. The molecule has 1 aromatic rings. The first-order valence-electron chi connectivity index (χ1n) is 4.80. The molecule has 1 aromatic carbocycles.